The van der Waals surface area contributed by atoms with Gasteiger partial charge in [-0.3, -0.25) is 4.79 Å². The zero-order chi connectivity index (χ0) is 17.0. The van der Waals surface area contributed by atoms with Crippen molar-refractivity contribution in [2.24, 2.45) is 11.8 Å². The van der Waals surface area contributed by atoms with E-state index in [-0.39, 0.29) is 5.91 Å². The molecule has 0 unspecified atom stereocenters. The summed E-state index contributed by atoms with van der Waals surface area (Å²) in [6.45, 7) is 3.45. The van der Waals surface area contributed by atoms with Gasteiger partial charge in [0.2, 0.25) is 0 Å². The number of hydrogen-bond donors (Lipinski definition) is 0. The lowest BCUT2D eigenvalue weighted by atomic mass is 9.82. The third kappa shape index (κ3) is 2.37. The van der Waals surface area contributed by atoms with E-state index in [4.69, 9.17) is 4.74 Å². The number of ether oxygens (including phenoxy) is 1. The Balaban J connectivity index is 1.47. The minimum atomic E-state index is 0.0488. The molecule has 2 bridgehead atoms. The normalized spacial score (nSPS) is 29.9. The average molecular weight is 335 g/mol. The van der Waals surface area contributed by atoms with E-state index >= 15 is 0 Å². The Morgan fingerprint density at radius 3 is 2.48 bits per heavy atom. The summed E-state index contributed by atoms with van der Waals surface area (Å²) in [6.07, 6.45) is 4.70. The highest BCUT2D eigenvalue weighted by molar-refractivity contribution is 5.99. The first-order valence-corrected chi connectivity index (χ1v) is 9.04. The second kappa shape index (κ2) is 5.63. The van der Waals surface area contributed by atoms with Crippen LogP contribution in [0.5, 0.6) is 0 Å². The van der Waals surface area contributed by atoms with Gasteiger partial charge in [-0.2, -0.15) is 0 Å². The molecule has 4 heterocycles. The molecule has 0 aliphatic carbocycles. The molecule has 5 heteroatoms. The van der Waals surface area contributed by atoms with Crippen molar-refractivity contribution in [3.05, 3.63) is 47.9 Å². The minimum Gasteiger partial charge on any atom is -0.374 e. The van der Waals surface area contributed by atoms with Crippen molar-refractivity contribution in [1.82, 2.24) is 14.9 Å². The van der Waals surface area contributed by atoms with Gasteiger partial charge in [-0.05, 0) is 19.8 Å². The monoisotopic (exact) mass is 335 g/mol. The molecule has 1 aromatic carbocycles. The molecule has 3 saturated heterocycles. The summed E-state index contributed by atoms with van der Waals surface area (Å²) in [5, 5.41) is 0. The zero-order valence-electron chi connectivity index (χ0n) is 14.3. The predicted molar refractivity (Wildman–Crippen MR) is 93.0 cm³/mol. The quantitative estimate of drug-likeness (QED) is 0.847. The van der Waals surface area contributed by atoms with E-state index < -0.39 is 0 Å². The largest absolute Gasteiger partial charge is 0.374 e. The molecule has 0 radical (unpaired) electrons. The third-order valence-corrected chi connectivity index (χ3v) is 5.93. The lowest BCUT2D eigenvalue weighted by molar-refractivity contribution is 0.0594. The molecule has 3 aliphatic heterocycles. The number of likely N-dealkylation sites (tertiary alicyclic amines) is 1. The molecule has 5 nitrogen and oxygen atoms in total. The van der Waals surface area contributed by atoms with Crippen molar-refractivity contribution in [1.29, 1.82) is 0 Å². The fourth-order valence-electron chi connectivity index (χ4n) is 4.74. The van der Waals surface area contributed by atoms with E-state index in [1.165, 1.54) is 0 Å². The molecule has 4 atom stereocenters. The number of carbonyl (C=O) groups is 1. The fourth-order valence-corrected chi connectivity index (χ4v) is 4.74. The summed E-state index contributed by atoms with van der Waals surface area (Å²) in [5.41, 5.74) is 2.29. The highest BCUT2D eigenvalue weighted by Crippen LogP contribution is 2.47. The number of nitrogens with zero attached hydrogens (tertiary/aromatic N) is 3. The molecular formula is C20H21N3O2. The van der Waals surface area contributed by atoms with Crippen LogP contribution in [-0.4, -0.2) is 46.1 Å². The number of aromatic nitrogens is 2. The van der Waals surface area contributed by atoms with E-state index in [2.05, 4.69) is 9.97 Å². The number of amides is 1. The third-order valence-electron chi connectivity index (χ3n) is 5.93. The molecule has 128 valence electrons. The van der Waals surface area contributed by atoms with Gasteiger partial charge in [0.15, 0.2) is 0 Å². The first-order chi connectivity index (χ1) is 12.2. The standard InChI is InChI=1S/C20H21N3O2/c1-12-21-9-14(19(22-12)13-5-3-2-4-6-13)20(24)23-10-15-16(11-23)18-8-7-17(15)25-18/h2-6,9,15-18H,7-8,10-11H2,1H3/t15-,16+,17+,18-. The molecule has 1 aromatic heterocycles. The predicted octanol–water partition coefficient (Wildman–Crippen LogP) is 2.70. The number of rotatable bonds is 2. The van der Waals surface area contributed by atoms with Crippen LogP contribution in [0.1, 0.15) is 29.0 Å². The number of hydrogen-bond acceptors (Lipinski definition) is 4. The van der Waals surface area contributed by atoms with Crippen molar-refractivity contribution in [2.45, 2.75) is 32.0 Å². The van der Waals surface area contributed by atoms with E-state index in [1.807, 2.05) is 42.2 Å². The van der Waals surface area contributed by atoms with Crippen molar-refractivity contribution in [3.63, 3.8) is 0 Å². The van der Waals surface area contributed by atoms with Gasteiger partial charge in [0.05, 0.1) is 23.5 Å². The Morgan fingerprint density at radius 1 is 1.12 bits per heavy atom. The second-order valence-corrected chi connectivity index (χ2v) is 7.37. The van der Waals surface area contributed by atoms with Crippen LogP contribution in [0.15, 0.2) is 36.5 Å². The lowest BCUT2D eigenvalue weighted by Gasteiger charge is -2.20. The first-order valence-electron chi connectivity index (χ1n) is 9.04. The van der Waals surface area contributed by atoms with Crippen LogP contribution >= 0.6 is 0 Å². The molecule has 2 aromatic rings. The van der Waals surface area contributed by atoms with Gasteiger partial charge in [-0.15, -0.1) is 0 Å². The van der Waals surface area contributed by atoms with E-state index in [1.54, 1.807) is 6.20 Å². The Morgan fingerprint density at radius 2 is 1.80 bits per heavy atom. The van der Waals surface area contributed by atoms with Gasteiger partial charge >= 0.3 is 0 Å². The van der Waals surface area contributed by atoms with Gasteiger partial charge in [0.25, 0.3) is 5.91 Å². The Bertz CT molecular complexity index is 805. The molecule has 0 saturated carbocycles. The molecule has 5 rings (SSSR count). The SMILES string of the molecule is Cc1ncc(C(=O)N2C[C@@H]3[C@H](C2)[C@H]2CC[C@@H]3O2)c(-c2ccccc2)n1. The van der Waals surface area contributed by atoms with Crippen LogP contribution in [0.4, 0.5) is 0 Å². The van der Waals surface area contributed by atoms with Gasteiger partial charge in [0.1, 0.15) is 5.82 Å². The van der Waals surface area contributed by atoms with Gasteiger partial charge in [-0.1, -0.05) is 30.3 Å². The summed E-state index contributed by atoms with van der Waals surface area (Å²) in [7, 11) is 0. The number of aryl methyl sites for hydroxylation is 1. The van der Waals surface area contributed by atoms with Crippen LogP contribution < -0.4 is 0 Å². The molecule has 0 N–H and O–H groups in total. The maximum Gasteiger partial charge on any atom is 0.257 e. The van der Waals surface area contributed by atoms with Crippen LogP contribution in [0.3, 0.4) is 0 Å². The first kappa shape index (κ1) is 15.0. The van der Waals surface area contributed by atoms with Crippen LogP contribution in [0, 0.1) is 18.8 Å². The average Bonchev–Trinajstić information content (AvgIpc) is 3.35. The smallest absolute Gasteiger partial charge is 0.257 e. The maximum atomic E-state index is 13.2. The lowest BCUT2D eigenvalue weighted by Crippen LogP contribution is -2.32. The van der Waals surface area contributed by atoms with Crippen molar-refractivity contribution < 1.29 is 9.53 Å². The zero-order valence-corrected chi connectivity index (χ0v) is 14.3. The van der Waals surface area contributed by atoms with Crippen molar-refractivity contribution in [2.75, 3.05) is 13.1 Å². The van der Waals surface area contributed by atoms with Crippen LogP contribution in [-0.2, 0) is 4.74 Å². The number of benzene rings is 1. The number of fused-ring (bicyclic) bond motifs is 5. The fraction of sp³-hybridized carbons (Fsp3) is 0.450. The summed E-state index contributed by atoms with van der Waals surface area (Å²) in [5.74, 6) is 1.75. The number of carbonyl (C=O) groups excluding carboxylic acids is 1. The summed E-state index contributed by atoms with van der Waals surface area (Å²) >= 11 is 0. The molecule has 25 heavy (non-hydrogen) atoms. The molecule has 0 spiro atoms. The van der Waals surface area contributed by atoms with E-state index in [0.29, 0.717) is 35.4 Å². The van der Waals surface area contributed by atoms with E-state index in [0.717, 1.165) is 37.2 Å². The van der Waals surface area contributed by atoms with Gasteiger partial charge in [-0.25, -0.2) is 9.97 Å². The molecule has 1 amide bonds. The van der Waals surface area contributed by atoms with Crippen LogP contribution in [0.2, 0.25) is 0 Å². The minimum absolute atomic E-state index is 0.0488. The summed E-state index contributed by atoms with van der Waals surface area (Å²) in [4.78, 5) is 24.1. The molecule has 3 aliphatic rings. The Hall–Kier alpha value is -2.27. The van der Waals surface area contributed by atoms with Crippen LogP contribution in [0.25, 0.3) is 11.3 Å². The summed E-state index contributed by atoms with van der Waals surface area (Å²) < 4.78 is 6.02. The van der Waals surface area contributed by atoms with Gasteiger partial charge in [0, 0.05) is 36.7 Å². The van der Waals surface area contributed by atoms with E-state index in [9.17, 15) is 4.79 Å². The highest BCUT2D eigenvalue weighted by Gasteiger charge is 2.53. The summed E-state index contributed by atoms with van der Waals surface area (Å²) in [6, 6.07) is 9.89. The molecule has 3 fully saturated rings. The topological polar surface area (TPSA) is 55.3 Å². The maximum absolute atomic E-state index is 13.2. The van der Waals surface area contributed by atoms with Crippen molar-refractivity contribution in [3.8, 4) is 11.3 Å². The van der Waals surface area contributed by atoms with Crippen molar-refractivity contribution >= 4 is 5.91 Å². The highest BCUT2D eigenvalue weighted by atomic mass is 16.5. The Labute approximate surface area is 147 Å². The second-order valence-electron chi connectivity index (χ2n) is 7.37. The van der Waals surface area contributed by atoms with Gasteiger partial charge < -0.3 is 9.64 Å². The molecular weight excluding hydrogens is 314 g/mol. The Kier molecular flexibility index (Phi) is 3.38.